The van der Waals surface area contributed by atoms with Crippen molar-refractivity contribution in [1.29, 1.82) is 0 Å². The van der Waals surface area contributed by atoms with Gasteiger partial charge in [0.05, 0.1) is 5.92 Å². The van der Waals surface area contributed by atoms with Crippen LogP contribution in [0, 0.1) is 5.82 Å². The van der Waals surface area contributed by atoms with Crippen LogP contribution in [0.2, 0.25) is 0 Å². The van der Waals surface area contributed by atoms with Crippen molar-refractivity contribution in [1.82, 2.24) is 5.32 Å². The summed E-state index contributed by atoms with van der Waals surface area (Å²) in [5, 5.41) is 3.01. The van der Waals surface area contributed by atoms with Crippen molar-refractivity contribution in [3.63, 3.8) is 0 Å². The van der Waals surface area contributed by atoms with E-state index in [1.54, 1.807) is 12.1 Å². The van der Waals surface area contributed by atoms with Crippen LogP contribution >= 0.6 is 0 Å². The van der Waals surface area contributed by atoms with Gasteiger partial charge in [0.2, 0.25) is 5.91 Å². The smallest absolute Gasteiger partial charge is 0.232 e. The zero-order chi connectivity index (χ0) is 17.5. The Morgan fingerprint density at radius 2 is 1.32 bits per heavy atom. The highest BCUT2D eigenvalue weighted by Gasteiger charge is 2.21. The minimum Gasteiger partial charge on any atom is -0.355 e. The molecule has 126 valence electrons. The van der Waals surface area contributed by atoms with E-state index < -0.39 is 0 Å². The molecule has 2 nitrogen and oxygen atoms in total. The Kier molecular flexibility index (Phi) is 5.57. The van der Waals surface area contributed by atoms with Crippen molar-refractivity contribution in [3.05, 3.63) is 107 Å². The molecule has 3 rings (SSSR count). The molecule has 0 bridgehead atoms. The first kappa shape index (κ1) is 16.9. The van der Waals surface area contributed by atoms with Crippen LogP contribution in [0.3, 0.4) is 0 Å². The maximum Gasteiger partial charge on any atom is 0.232 e. The molecule has 3 aromatic rings. The summed E-state index contributed by atoms with van der Waals surface area (Å²) >= 11 is 0. The van der Waals surface area contributed by atoms with Crippen molar-refractivity contribution >= 4 is 5.91 Å². The first-order chi connectivity index (χ1) is 12.2. The summed E-state index contributed by atoms with van der Waals surface area (Å²) in [7, 11) is 0. The van der Waals surface area contributed by atoms with Crippen molar-refractivity contribution in [2.75, 3.05) is 6.54 Å². The molecular formula is C22H20FNO. The van der Waals surface area contributed by atoms with Crippen LogP contribution in [-0.2, 0) is 11.2 Å². The van der Waals surface area contributed by atoms with E-state index in [1.807, 2.05) is 60.7 Å². The van der Waals surface area contributed by atoms with Gasteiger partial charge in [-0.3, -0.25) is 4.79 Å². The zero-order valence-electron chi connectivity index (χ0n) is 13.9. The molecule has 0 aliphatic rings. The Labute approximate surface area is 147 Å². The van der Waals surface area contributed by atoms with E-state index in [-0.39, 0.29) is 17.6 Å². The predicted molar refractivity (Wildman–Crippen MR) is 97.8 cm³/mol. The Hall–Kier alpha value is -2.94. The van der Waals surface area contributed by atoms with Crippen LogP contribution in [0.25, 0.3) is 0 Å². The topological polar surface area (TPSA) is 29.1 Å². The molecule has 3 aromatic carbocycles. The minimum atomic E-state index is -0.337. The molecule has 0 aliphatic carbocycles. The number of rotatable bonds is 6. The van der Waals surface area contributed by atoms with E-state index in [0.29, 0.717) is 13.0 Å². The Morgan fingerprint density at radius 3 is 1.84 bits per heavy atom. The van der Waals surface area contributed by atoms with Crippen molar-refractivity contribution in [2.45, 2.75) is 12.3 Å². The van der Waals surface area contributed by atoms with Gasteiger partial charge in [0.25, 0.3) is 0 Å². The predicted octanol–water partition coefficient (Wildman–Crippen LogP) is 4.32. The first-order valence-corrected chi connectivity index (χ1v) is 8.36. The average molecular weight is 333 g/mol. The molecule has 1 amide bonds. The lowest BCUT2D eigenvalue weighted by atomic mass is 9.90. The molecule has 0 spiro atoms. The van der Waals surface area contributed by atoms with E-state index in [1.165, 1.54) is 12.1 Å². The van der Waals surface area contributed by atoms with E-state index in [2.05, 4.69) is 5.32 Å². The summed E-state index contributed by atoms with van der Waals surface area (Å²) in [5.41, 5.74) is 2.93. The molecule has 3 heteroatoms. The summed E-state index contributed by atoms with van der Waals surface area (Å²) in [6, 6.07) is 25.9. The lowest BCUT2D eigenvalue weighted by Gasteiger charge is -2.18. The third-order valence-corrected chi connectivity index (χ3v) is 4.15. The molecular weight excluding hydrogens is 313 g/mol. The number of nitrogens with one attached hydrogen (secondary N) is 1. The number of amides is 1. The Balaban J connectivity index is 1.70. The van der Waals surface area contributed by atoms with Crippen molar-refractivity contribution in [3.8, 4) is 0 Å². The van der Waals surface area contributed by atoms with E-state index in [4.69, 9.17) is 0 Å². The van der Waals surface area contributed by atoms with Crippen LogP contribution in [0.5, 0.6) is 0 Å². The first-order valence-electron chi connectivity index (χ1n) is 8.36. The SMILES string of the molecule is O=C(NCCc1ccc(F)cc1)C(c1ccccc1)c1ccccc1. The molecule has 0 heterocycles. The summed E-state index contributed by atoms with van der Waals surface area (Å²) in [4.78, 5) is 12.8. The third kappa shape index (κ3) is 4.54. The van der Waals surface area contributed by atoms with Crippen molar-refractivity contribution < 1.29 is 9.18 Å². The van der Waals surface area contributed by atoms with Gasteiger partial charge in [-0.2, -0.15) is 0 Å². The number of hydrogen-bond acceptors (Lipinski definition) is 1. The molecule has 0 unspecified atom stereocenters. The molecule has 0 saturated heterocycles. The molecule has 0 aliphatic heterocycles. The van der Waals surface area contributed by atoms with Gasteiger partial charge >= 0.3 is 0 Å². The number of benzene rings is 3. The van der Waals surface area contributed by atoms with E-state index >= 15 is 0 Å². The maximum atomic E-state index is 12.9. The number of carbonyl (C=O) groups is 1. The Bertz CT molecular complexity index is 761. The van der Waals surface area contributed by atoms with E-state index in [0.717, 1.165) is 16.7 Å². The summed E-state index contributed by atoms with van der Waals surface area (Å²) in [5.74, 6) is -0.615. The minimum absolute atomic E-state index is 0.0282. The summed E-state index contributed by atoms with van der Waals surface area (Å²) < 4.78 is 12.9. The average Bonchev–Trinajstić information content (AvgIpc) is 2.65. The summed E-state index contributed by atoms with van der Waals surface area (Å²) in [6.45, 7) is 0.515. The molecule has 0 aromatic heterocycles. The molecule has 0 atom stereocenters. The van der Waals surface area contributed by atoms with Gasteiger partial charge in [-0.25, -0.2) is 4.39 Å². The second-order valence-electron chi connectivity index (χ2n) is 5.92. The van der Waals surface area contributed by atoms with Gasteiger partial charge in [-0.05, 0) is 35.2 Å². The second-order valence-corrected chi connectivity index (χ2v) is 5.92. The van der Waals surface area contributed by atoms with Crippen LogP contribution < -0.4 is 5.32 Å². The maximum absolute atomic E-state index is 12.9. The second kappa shape index (κ2) is 8.25. The van der Waals surface area contributed by atoms with Crippen molar-refractivity contribution in [2.24, 2.45) is 0 Å². The molecule has 0 fully saturated rings. The normalized spacial score (nSPS) is 10.6. The molecule has 0 radical (unpaired) electrons. The highest BCUT2D eigenvalue weighted by atomic mass is 19.1. The van der Waals surface area contributed by atoms with Gasteiger partial charge < -0.3 is 5.32 Å². The number of hydrogen-bond donors (Lipinski definition) is 1. The van der Waals surface area contributed by atoms with Crippen LogP contribution in [-0.4, -0.2) is 12.5 Å². The molecule has 25 heavy (non-hydrogen) atoms. The van der Waals surface area contributed by atoms with Gasteiger partial charge in [0, 0.05) is 6.54 Å². The fourth-order valence-electron chi connectivity index (χ4n) is 2.87. The van der Waals surface area contributed by atoms with Gasteiger partial charge in [-0.1, -0.05) is 72.8 Å². The Morgan fingerprint density at radius 1 is 0.800 bits per heavy atom. The monoisotopic (exact) mass is 333 g/mol. The van der Waals surface area contributed by atoms with Gasteiger partial charge in [-0.15, -0.1) is 0 Å². The number of halogens is 1. The highest BCUT2D eigenvalue weighted by molar-refractivity contribution is 5.87. The molecule has 1 N–H and O–H groups in total. The number of carbonyl (C=O) groups excluding carboxylic acids is 1. The fourth-order valence-corrected chi connectivity index (χ4v) is 2.87. The van der Waals surface area contributed by atoms with Gasteiger partial charge in [0.15, 0.2) is 0 Å². The van der Waals surface area contributed by atoms with Crippen LogP contribution in [0.1, 0.15) is 22.6 Å². The van der Waals surface area contributed by atoms with Crippen LogP contribution in [0.4, 0.5) is 4.39 Å². The largest absolute Gasteiger partial charge is 0.355 e. The van der Waals surface area contributed by atoms with E-state index in [9.17, 15) is 9.18 Å². The lowest BCUT2D eigenvalue weighted by Crippen LogP contribution is -2.31. The zero-order valence-corrected chi connectivity index (χ0v) is 13.9. The van der Waals surface area contributed by atoms with Gasteiger partial charge in [0.1, 0.15) is 5.82 Å². The fraction of sp³-hybridized carbons (Fsp3) is 0.136. The quantitative estimate of drug-likeness (QED) is 0.715. The summed E-state index contributed by atoms with van der Waals surface area (Å²) in [6.07, 6.45) is 0.669. The van der Waals surface area contributed by atoms with Crippen LogP contribution in [0.15, 0.2) is 84.9 Å². The lowest BCUT2D eigenvalue weighted by molar-refractivity contribution is -0.121. The highest BCUT2D eigenvalue weighted by Crippen LogP contribution is 2.24. The molecule has 0 saturated carbocycles. The standard InChI is InChI=1S/C22H20FNO/c23-20-13-11-17(12-14-20)15-16-24-22(25)21(18-7-3-1-4-8-18)19-9-5-2-6-10-19/h1-14,21H,15-16H2,(H,24,25). The third-order valence-electron chi connectivity index (χ3n) is 4.15.